The van der Waals surface area contributed by atoms with Crippen molar-refractivity contribution in [3.63, 3.8) is 0 Å². The number of amides is 1. The van der Waals surface area contributed by atoms with Gasteiger partial charge in [0.1, 0.15) is 0 Å². The van der Waals surface area contributed by atoms with E-state index in [-0.39, 0.29) is 10.8 Å². The van der Waals surface area contributed by atoms with Crippen LogP contribution < -0.4 is 9.62 Å². The average molecular weight is 373 g/mol. The third kappa shape index (κ3) is 4.28. The Kier molecular flexibility index (Phi) is 5.68. The van der Waals surface area contributed by atoms with Crippen molar-refractivity contribution in [3.8, 4) is 0 Å². The zero-order valence-electron chi connectivity index (χ0n) is 14.8. The van der Waals surface area contributed by atoms with E-state index in [9.17, 15) is 13.2 Å². The van der Waals surface area contributed by atoms with Gasteiger partial charge in [-0.1, -0.05) is 6.07 Å². The Morgan fingerprint density at radius 1 is 1.27 bits per heavy atom. The molecule has 0 radical (unpaired) electrons. The van der Waals surface area contributed by atoms with Crippen LogP contribution in [0.25, 0.3) is 0 Å². The minimum Gasteiger partial charge on any atom is -0.312 e. The molecule has 0 saturated heterocycles. The summed E-state index contributed by atoms with van der Waals surface area (Å²) in [5.41, 5.74) is 2.67. The standard InChI is InChI=1S/C19H23N3O3S/c1-15(23)22-13-5-6-16-14-18(9-10-19(16)22)26(24,25)21-12-4-8-17-7-2-3-11-20-17/h2-3,7,9-11,14,21H,4-6,8,12-13H2,1H3. The summed E-state index contributed by atoms with van der Waals surface area (Å²) < 4.78 is 27.7. The monoisotopic (exact) mass is 373 g/mol. The molecule has 7 heteroatoms. The van der Waals surface area contributed by atoms with Gasteiger partial charge in [0.05, 0.1) is 4.90 Å². The van der Waals surface area contributed by atoms with Gasteiger partial charge in [0, 0.05) is 37.6 Å². The smallest absolute Gasteiger partial charge is 0.240 e. The number of hydrogen-bond donors (Lipinski definition) is 1. The first kappa shape index (κ1) is 18.5. The number of aryl methyl sites for hydroxylation is 2. The van der Waals surface area contributed by atoms with E-state index in [1.807, 2.05) is 18.2 Å². The molecule has 1 aliphatic rings. The van der Waals surface area contributed by atoms with Gasteiger partial charge >= 0.3 is 0 Å². The molecule has 1 amide bonds. The summed E-state index contributed by atoms with van der Waals surface area (Å²) in [6.45, 7) is 2.57. The summed E-state index contributed by atoms with van der Waals surface area (Å²) in [5, 5.41) is 0. The van der Waals surface area contributed by atoms with Crippen LogP contribution in [0.5, 0.6) is 0 Å². The SMILES string of the molecule is CC(=O)N1CCCc2cc(S(=O)(=O)NCCCc3ccccn3)ccc21. The van der Waals surface area contributed by atoms with Crippen LogP contribution in [-0.2, 0) is 27.7 Å². The van der Waals surface area contributed by atoms with Crippen molar-refractivity contribution in [2.75, 3.05) is 18.0 Å². The molecular formula is C19H23N3O3S. The van der Waals surface area contributed by atoms with Gasteiger partial charge in [-0.25, -0.2) is 13.1 Å². The second-order valence-electron chi connectivity index (χ2n) is 6.39. The number of fused-ring (bicyclic) bond motifs is 1. The van der Waals surface area contributed by atoms with Crippen molar-refractivity contribution in [3.05, 3.63) is 53.9 Å². The first-order valence-corrected chi connectivity index (χ1v) is 10.3. The summed E-state index contributed by atoms with van der Waals surface area (Å²) in [7, 11) is -3.56. The number of rotatable bonds is 6. The van der Waals surface area contributed by atoms with E-state index in [0.717, 1.165) is 36.2 Å². The largest absolute Gasteiger partial charge is 0.312 e. The van der Waals surface area contributed by atoms with Crippen LogP contribution in [0.3, 0.4) is 0 Å². The second kappa shape index (κ2) is 7.97. The molecule has 2 heterocycles. The number of hydrogen-bond acceptors (Lipinski definition) is 4. The lowest BCUT2D eigenvalue weighted by atomic mass is 10.0. The molecule has 0 saturated carbocycles. The molecule has 138 valence electrons. The summed E-state index contributed by atoms with van der Waals surface area (Å²) >= 11 is 0. The summed E-state index contributed by atoms with van der Waals surface area (Å²) in [5.74, 6) is -0.0193. The van der Waals surface area contributed by atoms with E-state index in [1.54, 1.807) is 29.3 Å². The second-order valence-corrected chi connectivity index (χ2v) is 8.15. The normalized spacial score (nSPS) is 14.1. The number of pyridine rings is 1. The molecule has 1 aromatic carbocycles. The van der Waals surface area contributed by atoms with Gasteiger partial charge in [-0.3, -0.25) is 9.78 Å². The molecule has 1 N–H and O–H groups in total. The molecule has 0 aliphatic carbocycles. The highest BCUT2D eigenvalue weighted by Gasteiger charge is 2.22. The molecule has 0 fully saturated rings. The van der Waals surface area contributed by atoms with Crippen molar-refractivity contribution in [1.29, 1.82) is 0 Å². The Morgan fingerprint density at radius 3 is 2.85 bits per heavy atom. The number of anilines is 1. The van der Waals surface area contributed by atoms with Crippen LogP contribution in [0.2, 0.25) is 0 Å². The Morgan fingerprint density at radius 2 is 2.12 bits per heavy atom. The molecule has 3 rings (SSSR count). The molecule has 0 atom stereocenters. The predicted octanol–water partition coefficient (Wildman–Crippen LogP) is 2.29. The van der Waals surface area contributed by atoms with E-state index >= 15 is 0 Å². The first-order valence-electron chi connectivity index (χ1n) is 8.78. The van der Waals surface area contributed by atoms with Crippen molar-refractivity contribution >= 4 is 21.6 Å². The lowest BCUT2D eigenvalue weighted by Gasteiger charge is -2.28. The quantitative estimate of drug-likeness (QED) is 0.788. The van der Waals surface area contributed by atoms with Crippen LogP contribution in [0.4, 0.5) is 5.69 Å². The van der Waals surface area contributed by atoms with Gasteiger partial charge in [0.2, 0.25) is 15.9 Å². The lowest BCUT2D eigenvalue weighted by molar-refractivity contribution is -0.116. The number of sulfonamides is 1. The van der Waals surface area contributed by atoms with Gasteiger partial charge < -0.3 is 4.90 Å². The minimum atomic E-state index is -3.56. The summed E-state index contributed by atoms with van der Waals surface area (Å²) in [6.07, 6.45) is 4.76. The van der Waals surface area contributed by atoms with Crippen molar-refractivity contribution in [2.45, 2.75) is 37.5 Å². The molecular weight excluding hydrogens is 350 g/mol. The van der Waals surface area contributed by atoms with Gasteiger partial charge in [-0.15, -0.1) is 0 Å². The van der Waals surface area contributed by atoms with Crippen molar-refractivity contribution in [1.82, 2.24) is 9.71 Å². The fraction of sp³-hybridized carbons (Fsp3) is 0.368. The number of nitrogens with zero attached hydrogens (tertiary/aromatic N) is 2. The van der Waals surface area contributed by atoms with E-state index in [0.29, 0.717) is 19.5 Å². The zero-order valence-corrected chi connectivity index (χ0v) is 15.6. The van der Waals surface area contributed by atoms with E-state index in [1.165, 1.54) is 6.92 Å². The average Bonchev–Trinajstić information content (AvgIpc) is 2.65. The number of benzene rings is 1. The van der Waals surface area contributed by atoms with Crippen molar-refractivity contribution in [2.24, 2.45) is 0 Å². The molecule has 0 bridgehead atoms. The highest BCUT2D eigenvalue weighted by Crippen LogP contribution is 2.29. The zero-order chi connectivity index (χ0) is 18.6. The van der Waals surface area contributed by atoms with Gasteiger partial charge in [0.25, 0.3) is 0 Å². The highest BCUT2D eigenvalue weighted by molar-refractivity contribution is 7.89. The minimum absolute atomic E-state index is 0.0193. The Bertz CT molecular complexity index is 882. The maximum atomic E-state index is 12.5. The van der Waals surface area contributed by atoms with Gasteiger partial charge in [-0.2, -0.15) is 0 Å². The van der Waals surface area contributed by atoms with Crippen molar-refractivity contribution < 1.29 is 13.2 Å². The van der Waals surface area contributed by atoms with Crippen LogP contribution in [-0.4, -0.2) is 32.4 Å². The molecule has 1 aliphatic heterocycles. The predicted molar refractivity (Wildman–Crippen MR) is 101 cm³/mol. The molecule has 2 aromatic rings. The lowest BCUT2D eigenvalue weighted by Crippen LogP contribution is -2.33. The van der Waals surface area contributed by atoms with Crippen LogP contribution >= 0.6 is 0 Å². The van der Waals surface area contributed by atoms with Crippen LogP contribution in [0.1, 0.15) is 31.0 Å². The van der Waals surface area contributed by atoms with Gasteiger partial charge in [-0.05, 0) is 61.6 Å². The highest BCUT2D eigenvalue weighted by atomic mass is 32.2. The van der Waals surface area contributed by atoms with Crippen LogP contribution in [0.15, 0.2) is 47.5 Å². The van der Waals surface area contributed by atoms with Gasteiger partial charge in [0.15, 0.2) is 0 Å². The maximum Gasteiger partial charge on any atom is 0.240 e. The van der Waals surface area contributed by atoms with E-state index in [2.05, 4.69) is 9.71 Å². The maximum absolute atomic E-state index is 12.5. The van der Waals surface area contributed by atoms with E-state index < -0.39 is 10.0 Å². The summed E-state index contributed by atoms with van der Waals surface area (Å²) in [6, 6.07) is 10.7. The fourth-order valence-corrected chi connectivity index (χ4v) is 4.30. The fourth-order valence-electron chi connectivity index (χ4n) is 3.17. The Hall–Kier alpha value is -2.25. The van der Waals surface area contributed by atoms with Crippen LogP contribution in [0, 0.1) is 0 Å². The third-order valence-electron chi connectivity index (χ3n) is 4.49. The Labute approximate surface area is 154 Å². The molecule has 1 aromatic heterocycles. The molecule has 6 nitrogen and oxygen atoms in total. The van der Waals surface area contributed by atoms with E-state index in [4.69, 9.17) is 0 Å². The molecule has 0 spiro atoms. The molecule has 26 heavy (non-hydrogen) atoms. The third-order valence-corrected chi connectivity index (χ3v) is 5.95. The Balaban J connectivity index is 1.65. The topological polar surface area (TPSA) is 79.4 Å². The number of aromatic nitrogens is 1. The number of carbonyl (C=O) groups excluding carboxylic acids is 1. The number of nitrogens with one attached hydrogen (secondary N) is 1. The molecule has 0 unspecified atom stereocenters. The first-order chi connectivity index (χ1) is 12.5. The summed E-state index contributed by atoms with van der Waals surface area (Å²) in [4.78, 5) is 17.9. The number of carbonyl (C=O) groups is 1.